The molecule has 3 N–H and O–H groups in total. The fraction of sp³-hybridized carbons (Fsp3) is 0.281. The Bertz CT molecular complexity index is 1850. The van der Waals surface area contributed by atoms with Gasteiger partial charge in [0.1, 0.15) is 53.7 Å². The number of ether oxygens (including phenoxy) is 2. The van der Waals surface area contributed by atoms with Crippen LogP contribution in [0.25, 0.3) is 11.0 Å². The molecule has 2 aromatic carbocycles. The number of carbonyl (C=O) groups is 3. The topological polar surface area (TPSA) is 148 Å². The molecule has 1 unspecified atom stereocenters. The number of H-pyrrole nitrogens is 1. The number of nitrogens with zero attached hydrogens (tertiary/aromatic N) is 3. The number of aromatic amines is 1. The molecule has 0 saturated heterocycles. The second kappa shape index (κ2) is 15.7. The van der Waals surface area contributed by atoms with Gasteiger partial charge >= 0.3 is 0 Å². The lowest BCUT2D eigenvalue weighted by Crippen LogP contribution is -2.45. The number of hydrogen-bond acceptors (Lipinski definition) is 7. The Morgan fingerprint density at radius 3 is 2.62 bits per heavy atom. The molecule has 0 spiro atoms. The number of amides is 3. The van der Waals surface area contributed by atoms with Gasteiger partial charge in [-0.3, -0.25) is 19.2 Å². The van der Waals surface area contributed by atoms with Crippen molar-refractivity contribution in [3.8, 4) is 5.75 Å². The van der Waals surface area contributed by atoms with Crippen molar-refractivity contribution in [1.29, 1.82) is 0 Å². The third kappa shape index (κ3) is 9.29. The maximum Gasteiger partial charge on any atom is 0.274 e. The molecule has 0 radical (unpaired) electrons. The van der Waals surface area contributed by atoms with E-state index in [-0.39, 0.29) is 72.4 Å². The van der Waals surface area contributed by atoms with Crippen LogP contribution in [0.2, 0.25) is 0 Å². The molecule has 2 heterocycles. The van der Waals surface area contributed by atoms with Crippen LogP contribution < -0.4 is 20.9 Å². The molecular formula is C32H33F3N6O6. The molecule has 2 aromatic heterocycles. The molecule has 0 saturated carbocycles. The summed E-state index contributed by atoms with van der Waals surface area (Å²) in [6.45, 7) is -0.705. The van der Waals surface area contributed by atoms with E-state index in [1.54, 1.807) is 20.2 Å². The first-order chi connectivity index (χ1) is 22.4. The van der Waals surface area contributed by atoms with Gasteiger partial charge in [-0.25, -0.2) is 18.2 Å². The lowest BCUT2D eigenvalue weighted by Gasteiger charge is -2.18. The minimum absolute atomic E-state index is 0.00192. The smallest absolute Gasteiger partial charge is 0.274 e. The van der Waals surface area contributed by atoms with Crippen molar-refractivity contribution in [2.75, 3.05) is 33.1 Å². The fourth-order valence-corrected chi connectivity index (χ4v) is 4.45. The van der Waals surface area contributed by atoms with Crippen molar-refractivity contribution in [3.63, 3.8) is 0 Å². The number of carbonyl (C=O) groups excluding carboxylic acids is 3. The van der Waals surface area contributed by atoms with Crippen LogP contribution in [0.1, 0.15) is 24.2 Å². The summed E-state index contributed by atoms with van der Waals surface area (Å²) in [5.74, 6) is -3.40. The third-order valence-corrected chi connectivity index (χ3v) is 6.81. The molecule has 248 valence electrons. The molecule has 0 bridgehead atoms. The highest BCUT2D eigenvalue weighted by Crippen LogP contribution is 2.27. The average molecular weight is 655 g/mol. The minimum Gasteiger partial charge on any atom is -0.486 e. The summed E-state index contributed by atoms with van der Waals surface area (Å²) < 4.78 is 53.4. The number of anilines is 1. The maximum absolute atomic E-state index is 14.4. The third-order valence-electron chi connectivity index (χ3n) is 6.81. The van der Waals surface area contributed by atoms with Crippen molar-refractivity contribution in [2.45, 2.75) is 32.0 Å². The van der Waals surface area contributed by atoms with Crippen LogP contribution in [0.15, 0.2) is 65.6 Å². The van der Waals surface area contributed by atoms with Gasteiger partial charge in [-0.2, -0.15) is 0 Å². The van der Waals surface area contributed by atoms with Gasteiger partial charge < -0.3 is 34.6 Å². The largest absolute Gasteiger partial charge is 0.486 e. The molecule has 0 fully saturated rings. The number of aromatic nitrogens is 3. The van der Waals surface area contributed by atoms with Gasteiger partial charge in [0, 0.05) is 45.1 Å². The first kappa shape index (κ1) is 34.4. The van der Waals surface area contributed by atoms with Crippen molar-refractivity contribution in [2.24, 2.45) is 0 Å². The molecule has 4 rings (SSSR count). The standard InChI is InChI=1S/C32H33F3N6O6/c1-40(2)29(43)9-5-4-7-23(37-28(42)18-46-3)31(44)38-24-8-6-12-41(32(24)45)16-27-36-25-14-21(34)15-26(30(25)39-27)47-17-19-10-11-20(33)13-22(19)35/h5-6,8-15,23H,4,7,16-18H2,1-3H3,(H,36,39)(H,37,42)(H,38,44)/b9-5+. The number of nitrogens with one attached hydrogen (secondary N) is 3. The highest BCUT2D eigenvalue weighted by Gasteiger charge is 2.22. The SMILES string of the molecule is COCC(=O)NC(CC/C=C/C(=O)N(C)C)C(=O)Nc1cccn(Cc2nc3c(OCc4ccc(F)cc4F)cc(F)cc3[nH]2)c1=O. The Labute approximate surface area is 267 Å². The minimum atomic E-state index is -1.04. The Morgan fingerprint density at radius 2 is 1.89 bits per heavy atom. The van der Waals surface area contributed by atoms with Crippen LogP contribution in [0, 0.1) is 17.5 Å². The molecule has 12 nitrogen and oxygen atoms in total. The molecule has 47 heavy (non-hydrogen) atoms. The second-order valence-electron chi connectivity index (χ2n) is 10.6. The summed E-state index contributed by atoms with van der Waals surface area (Å²) >= 11 is 0. The normalized spacial score (nSPS) is 11.9. The van der Waals surface area contributed by atoms with E-state index in [1.165, 1.54) is 53.1 Å². The zero-order chi connectivity index (χ0) is 34.1. The molecule has 0 aliphatic rings. The summed E-state index contributed by atoms with van der Waals surface area (Å²) in [5.41, 5.74) is -0.134. The zero-order valence-electron chi connectivity index (χ0n) is 25.8. The summed E-state index contributed by atoms with van der Waals surface area (Å²) in [6.07, 6.45) is 4.81. The lowest BCUT2D eigenvalue weighted by molar-refractivity contribution is -0.129. The van der Waals surface area contributed by atoms with E-state index in [4.69, 9.17) is 9.47 Å². The highest BCUT2D eigenvalue weighted by molar-refractivity contribution is 5.97. The Balaban J connectivity index is 1.50. The van der Waals surface area contributed by atoms with Gasteiger partial charge in [0.25, 0.3) is 5.56 Å². The summed E-state index contributed by atoms with van der Waals surface area (Å²) in [7, 11) is 4.53. The van der Waals surface area contributed by atoms with Crippen LogP contribution in [-0.2, 0) is 32.3 Å². The van der Waals surface area contributed by atoms with Crippen LogP contribution in [0.3, 0.4) is 0 Å². The molecular weight excluding hydrogens is 621 g/mol. The number of rotatable bonds is 14. The van der Waals surface area contributed by atoms with Crippen molar-refractivity contribution in [3.05, 3.63) is 100 Å². The Hall–Kier alpha value is -5.44. The van der Waals surface area contributed by atoms with Gasteiger partial charge in [-0.05, 0) is 49.2 Å². The van der Waals surface area contributed by atoms with Crippen LogP contribution in [0.5, 0.6) is 5.75 Å². The number of methoxy groups -OCH3 is 1. The van der Waals surface area contributed by atoms with E-state index in [2.05, 4.69) is 20.6 Å². The van der Waals surface area contributed by atoms with Crippen molar-refractivity contribution < 1.29 is 37.0 Å². The zero-order valence-corrected chi connectivity index (χ0v) is 25.8. The van der Waals surface area contributed by atoms with Crippen LogP contribution in [-0.4, -0.2) is 71.0 Å². The number of halogens is 3. The average Bonchev–Trinajstić information content (AvgIpc) is 3.42. The number of pyridine rings is 1. The Kier molecular flexibility index (Phi) is 11.5. The summed E-state index contributed by atoms with van der Waals surface area (Å²) in [5, 5.41) is 5.12. The number of hydrogen-bond donors (Lipinski definition) is 3. The molecule has 4 aromatic rings. The molecule has 0 aliphatic heterocycles. The number of benzene rings is 2. The lowest BCUT2D eigenvalue weighted by atomic mass is 10.1. The summed E-state index contributed by atoms with van der Waals surface area (Å²) in [4.78, 5) is 59.2. The van der Waals surface area contributed by atoms with E-state index in [0.29, 0.717) is 6.07 Å². The molecule has 0 aliphatic carbocycles. The molecule has 1 atom stereocenters. The number of allylic oxidation sites excluding steroid dienone is 1. The monoisotopic (exact) mass is 654 g/mol. The van der Waals surface area contributed by atoms with Crippen LogP contribution in [0.4, 0.5) is 18.9 Å². The van der Waals surface area contributed by atoms with Crippen molar-refractivity contribution in [1.82, 2.24) is 24.8 Å². The van der Waals surface area contributed by atoms with E-state index in [1.807, 2.05) is 0 Å². The van der Waals surface area contributed by atoms with Gasteiger partial charge in [-0.1, -0.05) is 6.08 Å². The predicted molar refractivity (Wildman–Crippen MR) is 166 cm³/mol. The predicted octanol–water partition coefficient (Wildman–Crippen LogP) is 3.26. The quantitative estimate of drug-likeness (QED) is 0.177. The van der Waals surface area contributed by atoms with Crippen LogP contribution >= 0.6 is 0 Å². The first-order valence-electron chi connectivity index (χ1n) is 14.4. The first-order valence-corrected chi connectivity index (χ1v) is 14.4. The molecule has 15 heteroatoms. The van der Waals surface area contributed by atoms with Gasteiger partial charge in [-0.15, -0.1) is 0 Å². The van der Waals surface area contributed by atoms with Crippen molar-refractivity contribution >= 4 is 34.4 Å². The maximum atomic E-state index is 14.4. The number of likely N-dealkylation sites (N-methyl/N-ethyl adjacent to an activating group) is 1. The summed E-state index contributed by atoms with van der Waals surface area (Å²) in [6, 6.07) is 7.15. The molecule has 3 amide bonds. The second-order valence-corrected chi connectivity index (χ2v) is 10.6. The van der Waals surface area contributed by atoms with Gasteiger partial charge in [0.2, 0.25) is 17.7 Å². The van der Waals surface area contributed by atoms with Gasteiger partial charge in [0.05, 0.1) is 12.1 Å². The fourth-order valence-electron chi connectivity index (χ4n) is 4.45. The Morgan fingerprint density at radius 1 is 1.11 bits per heavy atom. The van der Waals surface area contributed by atoms with Gasteiger partial charge in [0.15, 0.2) is 5.75 Å². The number of imidazole rings is 1. The van der Waals surface area contributed by atoms with E-state index < -0.39 is 40.9 Å². The van der Waals surface area contributed by atoms with E-state index >= 15 is 0 Å². The number of fused-ring (bicyclic) bond motifs is 1. The van der Waals surface area contributed by atoms with E-state index in [9.17, 15) is 32.3 Å². The highest BCUT2D eigenvalue weighted by atomic mass is 19.1. The van der Waals surface area contributed by atoms with E-state index in [0.717, 1.165) is 12.1 Å².